The molecule has 2 N–H and O–H groups in total. The molecular weight excluding hydrogens is 178 g/mol. The van der Waals surface area contributed by atoms with Crippen LogP contribution in [0.25, 0.3) is 0 Å². The molecule has 4 nitrogen and oxygen atoms in total. The minimum atomic E-state index is -0.729. The van der Waals surface area contributed by atoms with E-state index in [4.69, 9.17) is 0 Å². The summed E-state index contributed by atoms with van der Waals surface area (Å²) in [7, 11) is 0. The molecule has 1 aromatic rings. The number of aryl methyl sites for hydroxylation is 2. The maximum absolute atomic E-state index is 9.51. The monoisotopic (exact) mass is 195 g/mol. The molecule has 0 aliphatic carbocycles. The van der Waals surface area contributed by atoms with Crippen LogP contribution >= 0.6 is 0 Å². The van der Waals surface area contributed by atoms with Crippen molar-refractivity contribution in [1.82, 2.24) is 9.97 Å². The molecular formula is C10H17N3O. The molecule has 0 radical (unpaired) electrons. The highest BCUT2D eigenvalue weighted by atomic mass is 16.3. The first-order valence-corrected chi connectivity index (χ1v) is 4.65. The fraction of sp³-hybridized carbons (Fsp3) is 0.600. The average Bonchev–Trinajstić information content (AvgIpc) is 1.97. The molecule has 0 amide bonds. The highest BCUT2D eigenvalue weighted by Gasteiger charge is 2.12. The number of aliphatic hydroxyl groups is 1. The average molecular weight is 195 g/mol. The van der Waals surface area contributed by atoms with Crippen LogP contribution in [0.4, 0.5) is 5.82 Å². The standard InChI is InChI=1S/C10H17N3O/c1-7-5-9(13-8(2)12-7)11-6-10(3,4)14/h5,14H,6H2,1-4H3,(H,11,12,13). The van der Waals surface area contributed by atoms with E-state index in [0.29, 0.717) is 6.54 Å². The van der Waals surface area contributed by atoms with Gasteiger partial charge in [-0.1, -0.05) is 0 Å². The van der Waals surface area contributed by atoms with Gasteiger partial charge in [0.2, 0.25) is 0 Å². The van der Waals surface area contributed by atoms with Crippen LogP contribution < -0.4 is 5.32 Å². The second-order valence-electron chi connectivity index (χ2n) is 4.11. The van der Waals surface area contributed by atoms with Crippen LogP contribution in [0.5, 0.6) is 0 Å². The molecule has 0 atom stereocenters. The fourth-order valence-corrected chi connectivity index (χ4v) is 1.11. The van der Waals surface area contributed by atoms with Crippen molar-refractivity contribution < 1.29 is 5.11 Å². The van der Waals surface area contributed by atoms with E-state index in [9.17, 15) is 5.11 Å². The molecule has 0 saturated heterocycles. The summed E-state index contributed by atoms with van der Waals surface area (Å²) >= 11 is 0. The van der Waals surface area contributed by atoms with Gasteiger partial charge < -0.3 is 10.4 Å². The Hall–Kier alpha value is -1.16. The second kappa shape index (κ2) is 3.92. The van der Waals surface area contributed by atoms with Crippen molar-refractivity contribution in [1.29, 1.82) is 0 Å². The van der Waals surface area contributed by atoms with Crippen LogP contribution in [0.1, 0.15) is 25.4 Å². The molecule has 0 aromatic carbocycles. The summed E-state index contributed by atoms with van der Waals surface area (Å²) in [5.74, 6) is 1.50. The number of rotatable bonds is 3. The molecule has 0 fully saturated rings. The van der Waals surface area contributed by atoms with E-state index in [-0.39, 0.29) is 0 Å². The van der Waals surface area contributed by atoms with Gasteiger partial charge >= 0.3 is 0 Å². The van der Waals surface area contributed by atoms with Crippen molar-refractivity contribution in [3.05, 3.63) is 17.6 Å². The third-order valence-electron chi connectivity index (χ3n) is 1.67. The molecule has 0 aliphatic heterocycles. The van der Waals surface area contributed by atoms with E-state index in [2.05, 4.69) is 15.3 Å². The van der Waals surface area contributed by atoms with Gasteiger partial charge in [0, 0.05) is 18.3 Å². The van der Waals surface area contributed by atoms with Crippen molar-refractivity contribution in [2.45, 2.75) is 33.3 Å². The minimum absolute atomic E-state index is 0.475. The smallest absolute Gasteiger partial charge is 0.130 e. The molecule has 0 saturated carbocycles. The first-order chi connectivity index (χ1) is 6.37. The van der Waals surface area contributed by atoms with E-state index in [1.54, 1.807) is 13.8 Å². The van der Waals surface area contributed by atoms with E-state index < -0.39 is 5.60 Å². The molecule has 0 aliphatic rings. The summed E-state index contributed by atoms with van der Waals surface area (Å²) in [6, 6.07) is 1.86. The van der Waals surface area contributed by atoms with Crippen LogP contribution in [0.3, 0.4) is 0 Å². The van der Waals surface area contributed by atoms with Crippen molar-refractivity contribution in [2.75, 3.05) is 11.9 Å². The molecule has 14 heavy (non-hydrogen) atoms. The molecule has 1 heterocycles. The lowest BCUT2D eigenvalue weighted by atomic mass is 10.1. The van der Waals surface area contributed by atoms with Gasteiger partial charge in [-0.2, -0.15) is 0 Å². The van der Waals surface area contributed by atoms with Gasteiger partial charge in [-0.3, -0.25) is 0 Å². The van der Waals surface area contributed by atoms with Gasteiger partial charge in [-0.05, 0) is 27.7 Å². The van der Waals surface area contributed by atoms with E-state index in [0.717, 1.165) is 17.3 Å². The van der Waals surface area contributed by atoms with Gasteiger partial charge in [-0.25, -0.2) is 9.97 Å². The van der Waals surface area contributed by atoms with Crippen LogP contribution in [0.15, 0.2) is 6.07 Å². The summed E-state index contributed by atoms with van der Waals surface area (Å²) in [4.78, 5) is 8.37. The number of anilines is 1. The Morgan fingerprint density at radius 3 is 2.50 bits per heavy atom. The topological polar surface area (TPSA) is 58.0 Å². The first kappa shape index (κ1) is 10.9. The zero-order valence-electron chi connectivity index (χ0n) is 9.13. The summed E-state index contributed by atoms with van der Waals surface area (Å²) in [5.41, 5.74) is 0.197. The zero-order valence-corrected chi connectivity index (χ0v) is 9.13. The Kier molecular flexibility index (Phi) is 3.06. The van der Waals surface area contributed by atoms with Crippen molar-refractivity contribution in [3.63, 3.8) is 0 Å². The molecule has 78 valence electrons. The quantitative estimate of drug-likeness (QED) is 0.762. The lowest BCUT2D eigenvalue weighted by Gasteiger charge is -2.18. The second-order valence-corrected chi connectivity index (χ2v) is 4.11. The molecule has 4 heteroatoms. The highest BCUT2D eigenvalue weighted by molar-refractivity contribution is 5.35. The molecule has 1 rings (SSSR count). The largest absolute Gasteiger partial charge is 0.389 e. The molecule has 0 bridgehead atoms. The Morgan fingerprint density at radius 2 is 2.00 bits per heavy atom. The number of aromatic nitrogens is 2. The Bertz CT molecular complexity index is 297. The third-order valence-corrected chi connectivity index (χ3v) is 1.67. The number of nitrogens with zero attached hydrogens (tertiary/aromatic N) is 2. The van der Waals surface area contributed by atoms with Gasteiger partial charge in [0.25, 0.3) is 0 Å². The van der Waals surface area contributed by atoms with Gasteiger partial charge in [0.05, 0.1) is 5.60 Å². The maximum Gasteiger partial charge on any atom is 0.130 e. The van der Waals surface area contributed by atoms with E-state index in [1.165, 1.54) is 0 Å². The molecule has 1 aromatic heterocycles. The summed E-state index contributed by atoms with van der Waals surface area (Å²) in [6.07, 6.45) is 0. The SMILES string of the molecule is Cc1cc(NCC(C)(C)O)nc(C)n1. The lowest BCUT2D eigenvalue weighted by Crippen LogP contribution is -2.29. The Morgan fingerprint density at radius 1 is 1.36 bits per heavy atom. The van der Waals surface area contributed by atoms with Crippen LogP contribution in [0.2, 0.25) is 0 Å². The minimum Gasteiger partial charge on any atom is -0.389 e. The summed E-state index contributed by atoms with van der Waals surface area (Å²) < 4.78 is 0. The number of hydrogen-bond donors (Lipinski definition) is 2. The molecule has 0 spiro atoms. The van der Waals surface area contributed by atoms with Crippen molar-refractivity contribution >= 4 is 5.82 Å². The Labute approximate surface area is 84.4 Å². The van der Waals surface area contributed by atoms with E-state index >= 15 is 0 Å². The normalized spacial score (nSPS) is 11.5. The highest BCUT2D eigenvalue weighted by Crippen LogP contribution is 2.08. The van der Waals surface area contributed by atoms with Crippen LogP contribution in [-0.4, -0.2) is 27.2 Å². The Balaban J connectivity index is 2.68. The summed E-state index contributed by atoms with van der Waals surface area (Å²) in [5, 5.41) is 12.6. The lowest BCUT2D eigenvalue weighted by molar-refractivity contribution is 0.0944. The van der Waals surface area contributed by atoms with Crippen LogP contribution in [0, 0.1) is 13.8 Å². The molecule has 0 unspecified atom stereocenters. The third kappa shape index (κ3) is 3.70. The van der Waals surface area contributed by atoms with Gasteiger partial charge in [0.1, 0.15) is 11.6 Å². The van der Waals surface area contributed by atoms with Crippen LogP contribution in [-0.2, 0) is 0 Å². The van der Waals surface area contributed by atoms with Gasteiger partial charge in [0.15, 0.2) is 0 Å². The fourth-order valence-electron chi connectivity index (χ4n) is 1.11. The van der Waals surface area contributed by atoms with E-state index in [1.807, 2.05) is 19.9 Å². The van der Waals surface area contributed by atoms with Crippen molar-refractivity contribution in [2.24, 2.45) is 0 Å². The van der Waals surface area contributed by atoms with Crippen molar-refractivity contribution in [3.8, 4) is 0 Å². The maximum atomic E-state index is 9.51. The first-order valence-electron chi connectivity index (χ1n) is 4.65. The number of hydrogen-bond acceptors (Lipinski definition) is 4. The predicted molar refractivity (Wildman–Crippen MR) is 56.3 cm³/mol. The number of nitrogens with one attached hydrogen (secondary N) is 1. The van der Waals surface area contributed by atoms with Gasteiger partial charge in [-0.15, -0.1) is 0 Å². The predicted octanol–water partition coefficient (Wildman–Crippen LogP) is 1.28. The zero-order chi connectivity index (χ0) is 10.8. The summed E-state index contributed by atoms with van der Waals surface area (Å²) in [6.45, 7) is 7.75.